The van der Waals surface area contributed by atoms with E-state index in [2.05, 4.69) is 10.6 Å². The molecular formula is C20H15N3O3S. The van der Waals surface area contributed by atoms with E-state index >= 15 is 0 Å². The first-order valence-corrected chi connectivity index (χ1v) is 8.90. The number of nitrogens with one attached hydrogen (secondary N) is 2. The van der Waals surface area contributed by atoms with Gasteiger partial charge in [-0.2, -0.15) is 5.26 Å². The van der Waals surface area contributed by atoms with Crippen LogP contribution < -0.4 is 15.4 Å². The summed E-state index contributed by atoms with van der Waals surface area (Å²) in [6.07, 6.45) is 0. The Morgan fingerprint density at radius 1 is 1.00 bits per heavy atom. The van der Waals surface area contributed by atoms with Crippen molar-refractivity contribution >= 4 is 34.5 Å². The number of hydrogen-bond donors (Lipinski definition) is 2. The lowest BCUT2D eigenvalue weighted by Crippen LogP contribution is -2.20. The number of nitrogens with zero attached hydrogens (tertiary/aromatic N) is 1. The Morgan fingerprint density at radius 2 is 1.74 bits per heavy atom. The minimum atomic E-state index is -0.332. The van der Waals surface area contributed by atoms with Crippen molar-refractivity contribution in [3.63, 3.8) is 0 Å². The van der Waals surface area contributed by atoms with Crippen molar-refractivity contribution in [1.29, 1.82) is 5.26 Å². The standard InChI is InChI=1S/C20H15N3O3S/c21-12-14-6-8-17(9-7-14)26-13-19(24)22-15-3-1-4-16(11-15)23-20(25)18-5-2-10-27-18/h1-11H,13H2,(H,22,24)(H,23,25). The summed E-state index contributed by atoms with van der Waals surface area (Å²) in [5, 5.41) is 16.1. The first kappa shape index (κ1) is 18.2. The smallest absolute Gasteiger partial charge is 0.265 e. The third-order valence-electron chi connectivity index (χ3n) is 3.50. The molecule has 0 aliphatic carbocycles. The maximum atomic E-state index is 12.1. The fourth-order valence-corrected chi connectivity index (χ4v) is 2.87. The van der Waals surface area contributed by atoms with Crippen LogP contribution in [-0.2, 0) is 4.79 Å². The number of rotatable bonds is 6. The summed E-state index contributed by atoms with van der Waals surface area (Å²) in [4.78, 5) is 24.8. The zero-order chi connectivity index (χ0) is 19.1. The van der Waals surface area contributed by atoms with Gasteiger partial charge in [-0.3, -0.25) is 9.59 Å². The SMILES string of the molecule is N#Cc1ccc(OCC(=O)Nc2cccc(NC(=O)c3cccs3)c2)cc1. The second kappa shape index (κ2) is 8.65. The lowest BCUT2D eigenvalue weighted by atomic mass is 10.2. The Morgan fingerprint density at radius 3 is 2.41 bits per heavy atom. The van der Waals surface area contributed by atoms with Crippen molar-refractivity contribution in [1.82, 2.24) is 0 Å². The summed E-state index contributed by atoms with van der Waals surface area (Å²) in [5.41, 5.74) is 1.65. The molecule has 1 heterocycles. The van der Waals surface area contributed by atoms with Crippen LogP contribution in [0.4, 0.5) is 11.4 Å². The van der Waals surface area contributed by atoms with E-state index in [4.69, 9.17) is 10.00 Å². The first-order chi connectivity index (χ1) is 13.1. The summed E-state index contributed by atoms with van der Waals surface area (Å²) in [6.45, 7) is -0.169. The molecule has 0 spiro atoms. The van der Waals surface area contributed by atoms with Crippen LogP contribution >= 0.6 is 11.3 Å². The molecule has 6 nitrogen and oxygen atoms in total. The highest BCUT2D eigenvalue weighted by Gasteiger charge is 2.08. The zero-order valence-corrected chi connectivity index (χ0v) is 15.0. The number of hydrogen-bond acceptors (Lipinski definition) is 5. The van der Waals surface area contributed by atoms with Crippen molar-refractivity contribution in [2.24, 2.45) is 0 Å². The van der Waals surface area contributed by atoms with Gasteiger partial charge in [0.25, 0.3) is 11.8 Å². The molecule has 2 aromatic carbocycles. The first-order valence-electron chi connectivity index (χ1n) is 8.02. The minimum absolute atomic E-state index is 0.169. The van der Waals surface area contributed by atoms with Crippen LogP contribution in [0, 0.1) is 11.3 Å². The molecule has 2 N–H and O–H groups in total. The summed E-state index contributed by atoms with van der Waals surface area (Å²) < 4.78 is 5.39. The van der Waals surface area contributed by atoms with Crippen LogP contribution in [-0.4, -0.2) is 18.4 Å². The summed E-state index contributed by atoms with van der Waals surface area (Å²) in [6, 6.07) is 18.9. The second-order valence-electron chi connectivity index (χ2n) is 5.49. The predicted octanol–water partition coefficient (Wildman–Crippen LogP) is 3.89. The maximum absolute atomic E-state index is 12.1. The number of nitriles is 1. The Balaban J connectivity index is 1.54. The molecule has 0 bridgehead atoms. The van der Waals surface area contributed by atoms with Crippen molar-refractivity contribution in [2.75, 3.05) is 17.2 Å². The average molecular weight is 377 g/mol. The molecule has 0 aliphatic heterocycles. The number of anilines is 2. The highest BCUT2D eigenvalue weighted by atomic mass is 32.1. The van der Waals surface area contributed by atoms with Gasteiger partial charge in [0.15, 0.2) is 6.61 Å². The van der Waals surface area contributed by atoms with Crippen LogP contribution in [0.25, 0.3) is 0 Å². The van der Waals surface area contributed by atoms with Gasteiger partial charge in [-0.25, -0.2) is 0 Å². The van der Waals surface area contributed by atoms with E-state index < -0.39 is 0 Å². The molecule has 0 radical (unpaired) electrons. The third-order valence-corrected chi connectivity index (χ3v) is 4.37. The van der Waals surface area contributed by atoms with Gasteiger partial charge >= 0.3 is 0 Å². The molecule has 2 amide bonds. The van der Waals surface area contributed by atoms with Gasteiger partial charge in [0.2, 0.25) is 0 Å². The summed E-state index contributed by atoms with van der Waals surface area (Å²) in [5.74, 6) is -0.0279. The average Bonchev–Trinajstić information content (AvgIpc) is 3.22. The summed E-state index contributed by atoms with van der Waals surface area (Å²) >= 11 is 1.36. The van der Waals surface area contributed by atoms with Gasteiger partial charge in [0, 0.05) is 11.4 Å². The Labute approximate surface area is 160 Å². The van der Waals surface area contributed by atoms with E-state index in [0.717, 1.165) is 0 Å². The van der Waals surface area contributed by atoms with Crippen LogP contribution in [0.1, 0.15) is 15.2 Å². The largest absolute Gasteiger partial charge is 0.484 e. The number of carbonyl (C=O) groups is 2. The fourth-order valence-electron chi connectivity index (χ4n) is 2.25. The molecule has 0 saturated carbocycles. The highest BCUT2D eigenvalue weighted by molar-refractivity contribution is 7.12. The number of carbonyl (C=O) groups excluding carboxylic acids is 2. The molecule has 7 heteroatoms. The molecule has 3 rings (SSSR count). The molecule has 0 aliphatic rings. The molecule has 0 atom stereocenters. The quantitative estimate of drug-likeness (QED) is 0.682. The molecule has 1 aromatic heterocycles. The molecule has 27 heavy (non-hydrogen) atoms. The van der Waals surface area contributed by atoms with Crippen molar-refractivity contribution < 1.29 is 14.3 Å². The van der Waals surface area contributed by atoms with Gasteiger partial charge in [-0.15, -0.1) is 11.3 Å². The Kier molecular flexibility index (Phi) is 5.82. The number of amides is 2. The van der Waals surface area contributed by atoms with Gasteiger partial charge in [-0.1, -0.05) is 12.1 Å². The van der Waals surface area contributed by atoms with Gasteiger partial charge in [-0.05, 0) is 53.9 Å². The number of benzene rings is 2. The van der Waals surface area contributed by atoms with E-state index in [1.54, 1.807) is 54.6 Å². The predicted molar refractivity (Wildman–Crippen MR) is 104 cm³/mol. The Bertz CT molecular complexity index is 976. The Hall–Kier alpha value is -3.63. The summed E-state index contributed by atoms with van der Waals surface area (Å²) in [7, 11) is 0. The van der Waals surface area contributed by atoms with Crippen LogP contribution in [0.15, 0.2) is 66.0 Å². The highest BCUT2D eigenvalue weighted by Crippen LogP contribution is 2.18. The van der Waals surface area contributed by atoms with Gasteiger partial charge < -0.3 is 15.4 Å². The lowest BCUT2D eigenvalue weighted by Gasteiger charge is -2.09. The molecule has 134 valence electrons. The van der Waals surface area contributed by atoms with E-state index in [1.165, 1.54) is 11.3 Å². The normalized spacial score (nSPS) is 9.89. The lowest BCUT2D eigenvalue weighted by molar-refractivity contribution is -0.118. The van der Waals surface area contributed by atoms with Crippen LogP contribution in [0.3, 0.4) is 0 Å². The number of thiophene rings is 1. The van der Waals surface area contributed by atoms with Gasteiger partial charge in [0.05, 0.1) is 16.5 Å². The van der Waals surface area contributed by atoms with Crippen LogP contribution in [0.2, 0.25) is 0 Å². The zero-order valence-electron chi connectivity index (χ0n) is 14.1. The fraction of sp³-hybridized carbons (Fsp3) is 0.0500. The molecule has 0 saturated heterocycles. The van der Waals surface area contributed by atoms with Crippen molar-refractivity contribution in [3.05, 3.63) is 76.5 Å². The van der Waals surface area contributed by atoms with E-state index in [0.29, 0.717) is 27.6 Å². The molecule has 3 aromatic rings. The molecular weight excluding hydrogens is 362 g/mol. The third kappa shape index (κ3) is 5.17. The molecule has 0 fully saturated rings. The van der Waals surface area contributed by atoms with Crippen LogP contribution in [0.5, 0.6) is 5.75 Å². The van der Waals surface area contributed by atoms with Gasteiger partial charge in [0.1, 0.15) is 5.75 Å². The van der Waals surface area contributed by atoms with Crippen molar-refractivity contribution in [2.45, 2.75) is 0 Å². The topological polar surface area (TPSA) is 91.2 Å². The van der Waals surface area contributed by atoms with E-state index in [1.807, 2.05) is 17.5 Å². The molecule has 0 unspecified atom stereocenters. The maximum Gasteiger partial charge on any atom is 0.265 e. The number of ether oxygens (including phenoxy) is 1. The van der Waals surface area contributed by atoms with E-state index in [-0.39, 0.29) is 18.4 Å². The van der Waals surface area contributed by atoms with E-state index in [9.17, 15) is 9.59 Å². The minimum Gasteiger partial charge on any atom is -0.484 e. The second-order valence-corrected chi connectivity index (χ2v) is 6.43. The monoisotopic (exact) mass is 377 g/mol. The van der Waals surface area contributed by atoms with Crippen molar-refractivity contribution in [3.8, 4) is 11.8 Å².